The van der Waals surface area contributed by atoms with Crippen LogP contribution in [0, 0.1) is 0 Å². The molecule has 1 rings (SSSR count). The van der Waals surface area contributed by atoms with E-state index >= 15 is 0 Å². The van der Waals surface area contributed by atoms with E-state index in [0.717, 1.165) is 0 Å². The minimum absolute atomic E-state index is 0.333. The number of carbonyl (C=O) groups excluding carboxylic acids is 1. The van der Waals surface area contributed by atoms with E-state index in [1.807, 2.05) is 6.92 Å². The zero-order valence-electron chi connectivity index (χ0n) is 10.1. The molecule has 2 N–H and O–H groups in total. The first-order chi connectivity index (χ1) is 8.01. The van der Waals surface area contributed by atoms with Crippen molar-refractivity contribution in [3.05, 3.63) is 23.0 Å². The number of ether oxygens (including phenoxy) is 1. The molecule has 1 aromatic rings. The average molecular weight is 258 g/mol. The summed E-state index contributed by atoms with van der Waals surface area (Å²) < 4.78 is 4.71. The summed E-state index contributed by atoms with van der Waals surface area (Å²) in [5.74, 6) is 5.07. The second-order valence-corrected chi connectivity index (χ2v) is 3.98. The molecule has 1 heterocycles. The smallest absolute Gasteiger partial charge is 0.312 e. The zero-order valence-corrected chi connectivity index (χ0v) is 10.9. The van der Waals surface area contributed by atoms with Crippen LogP contribution in [-0.4, -0.2) is 24.6 Å². The third-order valence-corrected chi connectivity index (χ3v) is 2.76. The van der Waals surface area contributed by atoms with Crippen LogP contribution in [0.2, 0.25) is 5.15 Å². The normalized spacial score (nSPS) is 12.1. The van der Waals surface area contributed by atoms with Crippen molar-refractivity contribution in [2.24, 2.45) is 5.84 Å². The molecule has 1 unspecified atom stereocenters. The molecule has 0 spiro atoms. The molecule has 0 aliphatic carbocycles. The summed E-state index contributed by atoms with van der Waals surface area (Å²) >= 11 is 5.83. The topological polar surface area (TPSA) is 68.5 Å². The van der Waals surface area contributed by atoms with Gasteiger partial charge < -0.3 is 9.75 Å². The van der Waals surface area contributed by atoms with Crippen LogP contribution in [0.5, 0.6) is 0 Å². The van der Waals surface area contributed by atoms with Crippen molar-refractivity contribution in [2.75, 3.05) is 18.7 Å². The van der Waals surface area contributed by atoms with Gasteiger partial charge in [0.05, 0.1) is 18.7 Å². The lowest BCUT2D eigenvalue weighted by atomic mass is 10.0. The molecule has 1 aromatic heterocycles. The van der Waals surface area contributed by atoms with Gasteiger partial charge in [-0.3, -0.25) is 4.79 Å². The lowest BCUT2D eigenvalue weighted by Crippen LogP contribution is -2.32. The molecule has 0 fully saturated rings. The van der Waals surface area contributed by atoms with Gasteiger partial charge in [-0.15, -0.1) is 0 Å². The van der Waals surface area contributed by atoms with Gasteiger partial charge in [0.25, 0.3) is 0 Å². The highest BCUT2D eigenvalue weighted by Gasteiger charge is 2.21. The molecule has 6 heteroatoms. The molecule has 0 amide bonds. The Hall–Kier alpha value is -1.33. The number of pyridine rings is 1. The van der Waals surface area contributed by atoms with Gasteiger partial charge in [0.2, 0.25) is 0 Å². The van der Waals surface area contributed by atoms with Crippen LogP contribution in [0.3, 0.4) is 0 Å². The highest BCUT2D eigenvalue weighted by atomic mass is 35.5. The molecule has 0 aromatic carbocycles. The van der Waals surface area contributed by atoms with Crippen LogP contribution in [0.15, 0.2) is 12.3 Å². The van der Waals surface area contributed by atoms with Crippen LogP contribution in [0.25, 0.3) is 0 Å². The van der Waals surface area contributed by atoms with E-state index in [9.17, 15) is 4.79 Å². The average Bonchev–Trinajstić information content (AvgIpc) is 2.35. The highest BCUT2D eigenvalue weighted by molar-refractivity contribution is 6.29. The van der Waals surface area contributed by atoms with Crippen molar-refractivity contribution in [1.82, 2.24) is 4.98 Å². The number of rotatable bonds is 4. The number of carbonyl (C=O) groups is 1. The summed E-state index contributed by atoms with van der Waals surface area (Å²) in [6.07, 6.45) is 1.55. The molecule has 0 bridgehead atoms. The monoisotopic (exact) mass is 257 g/mol. The minimum atomic E-state index is -0.433. The van der Waals surface area contributed by atoms with E-state index in [1.165, 1.54) is 12.1 Å². The van der Waals surface area contributed by atoms with Crippen molar-refractivity contribution in [3.63, 3.8) is 0 Å². The van der Waals surface area contributed by atoms with Crippen LogP contribution >= 0.6 is 11.6 Å². The van der Waals surface area contributed by atoms with Gasteiger partial charge in [0.15, 0.2) is 0 Å². The number of nitrogens with two attached hydrogens (primary N) is 1. The van der Waals surface area contributed by atoms with Crippen LogP contribution in [0.1, 0.15) is 25.3 Å². The number of methoxy groups -OCH3 is 1. The number of aromatic nitrogens is 1. The molecule has 0 saturated carbocycles. The lowest BCUT2D eigenvalue weighted by Gasteiger charge is -2.22. The first-order valence-corrected chi connectivity index (χ1v) is 5.64. The largest absolute Gasteiger partial charge is 0.469 e. The third kappa shape index (κ3) is 3.08. The summed E-state index contributed by atoms with van der Waals surface area (Å²) in [6.45, 7) is 4.24. The second-order valence-electron chi connectivity index (χ2n) is 3.60. The summed E-state index contributed by atoms with van der Waals surface area (Å²) in [5, 5.41) is 1.85. The van der Waals surface area contributed by atoms with E-state index in [2.05, 4.69) is 4.98 Å². The number of nitrogens with zero attached hydrogens (tertiary/aromatic N) is 2. The molecule has 1 atom stereocenters. The predicted molar refractivity (Wildman–Crippen MR) is 66.9 cm³/mol. The van der Waals surface area contributed by atoms with Crippen molar-refractivity contribution in [2.45, 2.75) is 19.8 Å². The van der Waals surface area contributed by atoms with E-state index in [4.69, 9.17) is 22.2 Å². The van der Waals surface area contributed by atoms with Gasteiger partial charge in [-0.05, 0) is 13.8 Å². The number of esters is 1. The molecule has 0 aliphatic rings. The maximum absolute atomic E-state index is 11.5. The van der Waals surface area contributed by atoms with Crippen LogP contribution in [0.4, 0.5) is 5.69 Å². The van der Waals surface area contributed by atoms with Crippen LogP contribution < -0.4 is 10.9 Å². The van der Waals surface area contributed by atoms with E-state index in [-0.39, 0.29) is 5.97 Å². The minimum Gasteiger partial charge on any atom is -0.469 e. The predicted octanol–water partition coefficient (Wildman–Crippen LogP) is 1.71. The maximum Gasteiger partial charge on any atom is 0.312 e. The molecular formula is C11H16ClN3O2. The van der Waals surface area contributed by atoms with Gasteiger partial charge >= 0.3 is 5.97 Å². The van der Waals surface area contributed by atoms with Gasteiger partial charge in [0.1, 0.15) is 5.15 Å². The summed E-state index contributed by atoms with van der Waals surface area (Å²) in [4.78, 5) is 15.5. The van der Waals surface area contributed by atoms with Gasteiger partial charge in [-0.25, -0.2) is 10.8 Å². The van der Waals surface area contributed by atoms with E-state index < -0.39 is 5.92 Å². The quantitative estimate of drug-likeness (QED) is 0.385. The standard InChI is InChI=1S/C11H16ClN3O2/c1-4-15(13)9-5-10(12)14-6-8(9)7(2)11(16)17-3/h5-7H,4,13H2,1-3H3. The zero-order chi connectivity index (χ0) is 13.0. The van der Waals surface area contributed by atoms with Crippen LogP contribution in [-0.2, 0) is 9.53 Å². The first kappa shape index (κ1) is 13.7. The van der Waals surface area contributed by atoms with Crippen molar-refractivity contribution < 1.29 is 9.53 Å². The van der Waals surface area contributed by atoms with E-state index in [1.54, 1.807) is 19.2 Å². The Kier molecular flexibility index (Phi) is 4.72. The Morgan fingerprint density at radius 2 is 2.35 bits per heavy atom. The number of hydrogen-bond acceptors (Lipinski definition) is 5. The van der Waals surface area contributed by atoms with Crippen molar-refractivity contribution >= 4 is 23.3 Å². The highest BCUT2D eigenvalue weighted by Crippen LogP contribution is 2.28. The Morgan fingerprint density at radius 3 is 2.88 bits per heavy atom. The van der Waals surface area contributed by atoms with Crippen molar-refractivity contribution in [3.8, 4) is 0 Å². The lowest BCUT2D eigenvalue weighted by molar-refractivity contribution is -0.141. The Labute approximate surface area is 105 Å². The molecule has 0 radical (unpaired) electrons. The molecule has 17 heavy (non-hydrogen) atoms. The molecule has 5 nitrogen and oxygen atoms in total. The molecular weight excluding hydrogens is 242 g/mol. The summed E-state index contributed by atoms with van der Waals surface area (Å²) in [6, 6.07) is 1.64. The second kappa shape index (κ2) is 5.84. The number of anilines is 1. The SMILES string of the molecule is CCN(N)c1cc(Cl)ncc1C(C)C(=O)OC. The number of halogens is 1. The Bertz CT molecular complexity index is 412. The Morgan fingerprint density at radius 1 is 1.71 bits per heavy atom. The summed E-state index contributed by atoms with van der Waals surface area (Å²) in [7, 11) is 1.35. The maximum atomic E-state index is 11.5. The third-order valence-electron chi connectivity index (χ3n) is 2.55. The molecule has 0 saturated heterocycles. The first-order valence-electron chi connectivity index (χ1n) is 5.26. The number of hydrogen-bond donors (Lipinski definition) is 1. The van der Waals surface area contributed by atoms with E-state index in [0.29, 0.717) is 22.9 Å². The fraction of sp³-hybridized carbons (Fsp3) is 0.455. The summed E-state index contributed by atoms with van der Waals surface area (Å²) in [5.41, 5.74) is 1.39. The van der Waals surface area contributed by atoms with Gasteiger partial charge in [0, 0.05) is 24.4 Å². The number of hydrazine groups is 1. The van der Waals surface area contributed by atoms with Gasteiger partial charge in [-0.1, -0.05) is 11.6 Å². The van der Waals surface area contributed by atoms with Gasteiger partial charge in [-0.2, -0.15) is 0 Å². The molecule has 94 valence electrons. The molecule has 0 aliphatic heterocycles. The Balaban J connectivity index is 3.18. The van der Waals surface area contributed by atoms with Crippen molar-refractivity contribution in [1.29, 1.82) is 0 Å². The fourth-order valence-corrected chi connectivity index (χ4v) is 1.64. The fourth-order valence-electron chi connectivity index (χ4n) is 1.49.